The normalized spacial score (nSPS) is 10.5. The Hall–Kier alpha value is -3.02. The van der Waals surface area contributed by atoms with Crippen molar-refractivity contribution in [3.05, 3.63) is 53.6 Å². The molecular formula is C20H24N2O4. The van der Waals surface area contributed by atoms with Crippen LogP contribution in [0.2, 0.25) is 0 Å². The van der Waals surface area contributed by atoms with E-state index in [1.165, 1.54) is 6.07 Å². The van der Waals surface area contributed by atoms with Gasteiger partial charge in [-0.3, -0.25) is 9.59 Å². The van der Waals surface area contributed by atoms with E-state index >= 15 is 0 Å². The number of benzene rings is 2. The van der Waals surface area contributed by atoms with E-state index in [0.29, 0.717) is 18.0 Å². The molecule has 6 heteroatoms. The van der Waals surface area contributed by atoms with Crippen LogP contribution in [0.25, 0.3) is 0 Å². The van der Waals surface area contributed by atoms with Crippen molar-refractivity contribution in [2.75, 3.05) is 18.5 Å². The van der Waals surface area contributed by atoms with Gasteiger partial charge in [0.2, 0.25) is 0 Å². The maximum Gasteiger partial charge on any atom is 0.259 e. The van der Waals surface area contributed by atoms with Crippen molar-refractivity contribution in [3.63, 3.8) is 0 Å². The third kappa shape index (κ3) is 5.24. The molecule has 3 N–H and O–H groups in total. The molecule has 2 aromatic carbocycles. The molecule has 0 saturated carbocycles. The molecule has 6 nitrogen and oxygen atoms in total. The minimum atomic E-state index is -0.388. The highest BCUT2D eigenvalue weighted by atomic mass is 16.5. The number of hydrogen-bond acceptors (Lipinski definition) is 4. The Kier molecular flexibility index (Phi) is 6.60. The fourth-order valence-electron chi connectivity index (χ4n) is 2.32. The minimum absolute atomic E-state index is 0.0601. The molecule has 0 radical (unpaired) electrons. The number of nitrogens with one attached hydrogen (secondary N) is 2. The SMILES string of the molecule is CCNC(=O)COc1ccc(NC(=O)c2cc(C(C)C)ccc2O)cc1. The van der Waals surface area contributed by atoms with Gasteiger partial charge in [0, 0.05) is 12.2 Å². The van der Waals surface area contributed by atoms with E-state index < -0.39 is 0 Å². The van der Waals surface area contributed by atoms with Crippen LogP contribution in [0.4, 0.5) is 5.69 Å². The molecule has 0 saturated heterocycles. The van der Waals surface area contributed by atoms with Gasteiger partial charge in [0.25, 0.3) is 11.8 Å². The first-order valence-electron chi connectivity index (χ1n) is 8.54. The summed E-state index contributed by atoms with van der Waals surface area (Å²) in [6.45, 7) is 6.37. The molecular weight excluding hydrogens is 332 g/mol. The number of anilines is 1. The van der Waals surface area contributed by atoms with E-state index in [9.17, 15) is 14.7 Å². The van der Waals surface area contributed by atoms with Gasteiger partial charge in [-0.15, -0.1) is 0 Å². The summed E-state index contributed by atoms with van der Waals surface area (Å²) in [6.07, 6.45) is 0. The number of amides is 2. The van der Waals surface area contributed by atoms with Crippen molar-refractivity contribution in [2.24, 2.45) is 0 Å². The topological polar surface area (TPSA) is 87.7 Å². The summed E-state index contributed by atoms with van der Waals surface area (Å²) in [5, 5.41) is 15.3. The maximum atomic E-state index is 12.4. The van der Waals surface area contributed by atoms with Gasteiger partial charge in [0.15, 0.2) is 6.61 Å². The average Bonchev–Trinajstić information content (AvgIpc) is 2.61. The molecule has 2 amide bonds. The van der Waals surface area contributed by atoms with Crippen LogP contribution in [0.3, 0.4) is 0 Å². The zero-order chi connectivity index (χ0) is 19.1. The molecule has 2 aromatic rings. The van der Waals surface area contributed by atoms with Gasteiger partial charge in [-0.1, -0.05) is 19.9 Å². The number of rotatable bonds is 7. The standard InChI is InChI=1S/C20H24N2O4/c1-4-21-19(24)12-26-16-8-6-15(7-9-16)22-20(25)17-11-14(13(2)3)5-10-18(17)23/h5-11,13,23H,4,12H2,1-3H3,(H,21,24)(H,22,25). The average molecular weight is 356 g/mol. The number of likely N-dealkylation sites (N-methyl/N-ethyl adjacent to an activating group) is 1. The number of ether oxygens (including phenoxy) is 1. The molecule has 0 spiro atoms. The third-order valence-electron chi connectivity index (χ3n) is 3.79. The van der Waals surface area contributed by atoms with Crippen molar-refractivity contribution in [1.29, 1.82) is 0 Å². The van der Waals surface area contributed by atoms with Gasteiger partial charge in [0.1, 0.15) is 11.5 Å². The van der Waals surface area contributed by atoms with Crippen molar-refractivity contribution >= 4 is 17.5 Å². The van der Waals surface area contributed by atoms with Gasteiger partial charge < -0.3 is 20.5 Å². The summed E-state index contributed by atoms with van der Waals surface area (Å²) < 4.78 is 5.36. The van der Waals surface area contributed by atoms with Crippen molar-refractivity contribution in [3.8, 4) is 11.5 Å². The zero-order valence-corrected chi connectivity index (χ0v) is 15.2. The van der Waals surface area contributed by atoms with Crippen LogP contribution >= 0.6 is 0 Å². The number of carbonyl (C=O) groups excluding carboxylic acids is 2. The fraction of sp³-hybridized carbons (Fsp3) is 0.300. The summed E-state index contributed by atoms with van der Waals surface area (Å²) in [4.78, 5) is 23.8. The lowest BCUT2D eigenvalue weighted by atomic mass is 10.00. The highest BCUT2D eigenvalue weighted by molar-refractivity contribution is 6.06. The number of aromatic hydroxyl groups is 1. The van der Waals surface area contributed by atoms with Crippen molar-refractivity contribution in [1.82, 2.24) is 5.32 Å². The van der Waals surface area contributed by atoms with Crippen LogP contribution in [0.1, 0.15) is 42.6 Å². The second kappa shape index (κ2) is 8.89. The summed E-state index contributed by atoms with van der Waals surface area (Å²) in [6, 6.07) is 11.7. The molecule has 0 aliphatic heterocycles. The predicted molar refractivity (Wildman–Crippen MR) is 101 cm³/mol. The number of hydrogen-bond donors (Lipinski definition) is 3. The van der Waals surface area contributed by atoms with Crippen molar-refractivity contribution in [2.45, 2.75) is 26.7 Å². The van der Waals surface area contributed by atoms with Crippen LogP contribution in [0, 0.1) is 0 Å². The van der Waals surface area contributed by atoms with E-state index in [1.807, 2.05) is 20.8 Å². The Balaban J connectivity index is 2.01. The van der Waals surface area contributed by atoms with Crippen LogP contribution < -0.4 is 15.4 Å². The van der Waals surface area contributed by atoms with Gasteiger partial charge in [-0.05, 0) is 54.8 Å². The Morgan fingerprint density at radius 1 is 1.12 bits per heavy atom. The lowest BCUT2D eigenvalue weighted by Crippen LogP contribution is -2.28. The molecule has 0 aromatic heterocycles. The summed E-state index contributed by atoms with van der Waals surface area (Å²) in [7, 11) is 0. The molecule has 0 aliphatic carbocycles. The van der Waals surface area contributed by atoms with Crippen LogP contribution in [-0.4, -0.2) is 30.1 Å². The molecule has 0 atom stereocenters. The zero-order valence-electron chi connectivity index (χ0n) is 15.2. The molecule has 26 heavy (non-hydrogen) atoms. The molecule has 138 valence electrons. The minimum Gasteiger partial charge on any atom is -0.507 e. The highest BCUT2D eigenvalue weighted by Gasteiger charge is 2.13. The Labute approximate surface area is 153 Å². The monoisotopic (exact) mass is 356 g/mol. The van der Waals surface area contributed by atoms with E-state index in [1.54, 1.807) is 36.4 Å². The Morgan fingerprint density at radius 3 is 2.42 bits per heavy atom. The first-order chi connectivity index (χ1) is 12.4. The second-order valence-electron chi connectivity index (χ2n) is 6.15. The summed E-state index contributed by atoms with van der Waals surface area (Å²) >= 11 is 0. The maximum absolute atomic E-state index is 12.4. The first-order valence-corrected chi connectivity index (χ1v) is 8.54. The highest BCUT2D eigenvalue weighted by Crippen LogP contribution is 2.24. The lowest BCUT2D eigenvalue weighted by molar-refractivity contribution is -0.122. The van der Waals surface area contributed by atoms with E-state index in [-0.39, 0.29) is 35.7 Å². The van der Waals surface area contributed by atoms with Gasteiger partial charge >= 0.3 is 0 Å². The first kappa shape index (κ1) is 19.3. The van der Waals surface area contributed by atoms with E-state index in [2.05, 4.69) is 10.6 Å². The molecule has 0 aliphatic rings. The van der Waals surface area contributed by atoms with E-state index in [4.69, 9.17) is 4.74 Å². The summed E-state index contributed by atoms with van der Waals surface area (Å²) in [5.41, 5.74) is 1.77. The molecule has 2 rings (SSSR count). The molecule has 0 unspecified atom stereocenters. The number of phenols is 1. The fourth-order valence-corrected chi connectivity index (χ4v) is 2.32. The quantitative estimate of drug-likeness (QED) is 0.710. The smallest absolute Gasteiger partial charge is 0.259 e. The number of phenolic OH excluding ortho intramolecular Hbond substituents is 1. The second-order valence-corrected chi connectivity index (χ2v) is 6.15. The van der Waals surface area contributed by atoms with Gasteiger partial charge in [-0.25, -0.2) is 0 Å². The molecule has 0 fully saturated rings. The molecule has 0 bridgehead atoms. The summed E-state index contributed by atoms with van der Waals surface area (Å²) in [5.74, 6) is 0.141. The lowest BCUT2D eigenvalue weighted by Gasteiger charge is -2.11. The molecule has 0 heterocycles. The van der Waals surface area contributed by atoms with Crippen LogP contribution in [-0.2, 0) is 4.79 Å². The van der Waals surface area contributed by atoms with E-state index in [0.717, 1.165) is 5.56 Å². The van der Waals surface area contributed by atoms with Crippen molar-refractivity contribution < 1.29 is 19.4 Å². The number of carbonyl (C=O) groups is 2. The van der Waals surface area contributed by atoms with Gasteiger partial charge in [-0.2, -0.15) is 0 Å². The Morgan fingerprint density at radius 2 is 1.81 bits per heavy atom. The predicted octanol–water partition coefficient (Wildman–Crippen LogP) is 3.28. The van der Waals surface area contributed by atoms with Crippen LogP contribution in [0.5, 0.6) is 11.5 Å². The largest absolute Gasteiger partial charge is 0.507 e. The Bertz CT molecular complexity index is 770. The third-order valence-corrected chi connectivity index (χ3v) is 3.79. The van der Waals surface area contributed by atoms with Gasteiger partial charge in [0.05, 0.1) is 5.56 Å². The van der Waals surface area contributed by atoms with Crippen LogP contribution in [0.15, 0.2) is 42.5 Å².